The number of aromatic carboxylic acids is 1. The second-order valence-corrected chi connectivity index (χ2v) is 6.09. The first-order chi connectivity index (χ1) is 11.9. The SMILES string of the molecule is Cc1ccc(C(=O)O)cc1N[C@H]1CC(=O)N(c2ccccc2C)C1=O. The second kappa shape index (κ2) is 6.39. The molecule has 2 amide bonds. The van der Waals surface area contributed by atoms with Gasteiger partial charge in [-0.1, -0.05) is 24.3 Å². The summed E-state index contributed by atoms with van der Waals surface area (Å²) >= 11 is 0. The summed E-state index contributed by atoms with van der Waals surface area (Å²) in [5, 5.41) is 12.1. The predicted molar refractivity (Wildman–Crippen MR) is 93.8 cm³/mol. The lowest BCUT2D eigenvalue weighted by Gasteiger charge is -2.18. The van der Waals surface area contributed by atoms with Gasteiger partial charge >= 0.3 is 5.97 Å². The molecule has 128 valence electrons. The van der Waals surface area contributed by atoms with E-state index in [0.717, 1.165) is 11.1 Å². The van der Waals surface area contributed by atoms with Gasteiger partial charge in [-0.25, -0.2) is 9.69 Å². The fraction of sp³-hybridized carbons (Fsp3) is 0.211. The van der Waals surface area contributed by atoms with Crippen molar-refractivity contribution >= 4 is 29.2 Å². The first-order valence-corrected chi connectivity index (χ1v) is 7.91. The van der Waals surface area contributed by atoms with Crippen LogP contribution in [0.15, 0.2) is 42.5 Å². The van der Waals surface area contributed by atoms with E-state index in [4.69, 9.17) is 5.11 Å². The smallest absolute Gasteiger partial charge is 0.335 e. The summed E-state index contributed by atoms with van der Waals surface area (Å²) in [6.07, 6.45) is 0.0317. The topological polar surface area (TPSA) is 86.7 Å². The number of hydrogen-bond acceptors (Lipinski definition) is 4. The van der Waals surface area contributed by atoms with Crippen molar-refractivity contribution in [3.8, 4) is 0 Å². The number of amides is 2. The number of para-hydroxylation sites is 1. The number of nitrogens with zero attached hydrogens (tertiary/aromatic N) is 1. The molecule has 0 saturated carbocycles. The van der Waals surface area contributed by atoms with Gasteiger partial charge in [0, 0.05) is 5.69 Å². The molecule has 1 heterocycles. The van der Waals surface area contributed by atoms with Crippen LogP contribution in [0, 0.1) is 13.8 Å². The largest absolute Gasteiger partial charge is 0.478 e. The number of carboxylic acid groups (broad SMARTS) is 1. The fourth-order valence-electron chi connectivity index (χ4n) is 2.91. The van der Waals surface area contributed by atoms with Crippen molar-refractivity contribution in [3.63, 3.8) is 0 Å². The van der Waals surface area contributed by atoms with Crippen LogP contribution in [0.1, 0.15) is 27.9 Å². The Kier molecular flexibility index (Phi) is 4.27. The highest BCUT2D eigenvalue weighted by atomic mass is 16.4. The van der Waals surface area contributed by atoms with Gasteiger partial charge in [0.1, 0.15) is 6.04 Å². The monoisotopic (exact) mass is 338 g/mol. The zero-order valence-electron chi connectivity index (χ0n) is 13.9. The molecule has 0 aliphatic carbocycles. The van der Waals surface area contributed by atoms with Crippen molar-refractivity contribution in [1.82, 2.24) is 0 Å². The summed E-state index contributed by atoms with van der Waals surface area (Å²) in [6, 6.07) is 11.2. The molecule has 0 unspecified atom stereocenters. The van der Waals surface area contributed by atoms with Crippen LogP contribution in [-0.2, 0) is 9.59 Å². The zero-order chi connectivity index (χ0) is 18.1. The van der Waals surface area contributed by atoms with Crippen molar-refractivity contribution in [1.29, 1.82) is 0 Å². The lowest BCUT2D eigenvalue weighted by Crippen LogP contribution is -2.35. The Labute approximate surface area is 145 Å². The van der Waals surface area contributed by atoms with Crippen LogP contribution in [0.2, 0.25) is 0 Å². The van der Waals surface area contributed by atoms with Gasteiger partial charge in [0.05, 0.1) is 17.7 Å². The van der Waals surface area contributed by atoms with Gasteiger partial charge in [0.15, 0.2) is 0 Å². The van der Waals surface area contributed by atoms with E-state index in [1.807, 2.05) is 26.0 Å². The lowest BCUT2D eigenvalue weighted by molar-refractivity contribution is -0.121. The number of nitrogens with one attached hydrogen (secondary N) is 1. The number of rotatable bonds is 4. The first-order valence-electron chi connectivity index (χ1n) is 7.91. The number of imide groups is 1. The molecule has 1 saturated heterocycles. The third kappa shape index (κ3) is 3.10. The molecule has 0 spiro atoms. The molecule has 25 heavy (non-hydrogen) atoms. The van der Waals surface area contributed by atoms with Gasteiger partial charge < -0.3 is 10.4 Å². The summed E-state index contributed by atoms with van der Waals surface area (Å²) in [5.41, 5.74) is 2.89. The number of carbonyl (C=O) groups is 3. The van der Waals surface area contributed by atoms with Crippen LogP contribution >= 0.6 is 0 Å². The zero-order valence-corrected chi connectivity index (χ0v) is 13.9. The van der Waals surface area contributed by atoms with Crippen LogP contribution in [0.4, 0.5) is 11.4 Å². The molecule has 1 aliphatic heterocycles. The molecule has 1 fully saturated rings. The number of aryl methyl sites for hydroxylation is 2. The van der Waals surface area contributed by atoms with E-state index < -0.39 is 12.0 Å². The highest BCUT2D eigenvalue weighted by Gasteiger charge is 2.40. The maximum absolute atomic E-state index is 12.7. The number of hydrogen-bond donors (Lipinski definition) is 2. The first kappa shape index (κ1) is 16.7. The highest BCUT2D eigenvalue weighted by molar-refractivity contribution is 6.23. The molecule has 6 nitrogen and oxygen atoms in total. The van der Waals surface area contributed by atoms with E-state index in [-0.39, 0.29) is 23.8 Å². The molecule has 1 atom stereocenters. The molecule has 3 rings (SSSR count). The minimum atomic E-state index is -1.04. The van der Waals surface area contributed by atoms with Gasteiger partial charge in [-0.3, -0.25) is 9.59 Å². The maximum Gasteiger partial charge on any atom is 0.335 e. The van der Waals surface area contributed by atoms with Crippen LogP contribution < -0.4 is 10.2 Å². The Morgan fingerprint density at radius 3 is 2.52 bits per heavy atom. The van der Waals surface area contributed by atoms with E-state index in [2.05, 4.69) is 5.32 Å². The third-order valence-corrected chi connectivity index (χ3v) is 4.32. The van der Waals surface area contributed by atoms with Crippen molar-refractivity contribution < 1.29 is 19.5 Å². The number of benzene rings is 2. The quantitative estimate of drug-likeness (QED) is 0.837. The van der Waals surface area contributed by atoms with Gasteiger partial charge in [0.2, 0.25) is 5.91 Å². The minimum Gasteiger partial charge on any atom is -0.478 e. The van der Waals surface area contributed by atoms with Crippen molar-refractivity contribution in [2.75, 3.05) is 10.2 Å². The Morgan fingerprint density at radius 2 is 1.84 bits per heavy atom. The Morgan fingerprint density at radius 1 is 1.12 bits per heavy atom. The summed E-state index contributed by atoms with van der Waals surface area (Å²) in [7, 11) is 0. The van der Waals surface area contributed by atoms with Crippen LogP contribution in [0.5, 0.6) is 0 Å². The van der Waals surface area contributed by atoms with E-state index in [0.29, 0.717) is 11.4 Å². The van der Waals surface area contributed by atoms with E-state index in [1.165, 1.54) is 17.0 Å². The molecule has 2 aromatic carbocycles. The molecule has 0 radical (unpaired) electrons. The lowest BCUT2D eigenvalue weighted by atomic mass is 10.1. The summed E-state index contributed by atoms with van der Waals surface area (Å²) in [4.78, 5) is 37.4. The Hall–Kier alpha value is -3.15. The van der Waals surface area contributed by atoms with Crippen LogP contribution in [0.3, 0.4) is 0 Å². The maximum atomic E-state index is 12.7. The van der Waals surface area contributed by atoms with Crippen LogP contribution in [0.25, 0.3) is 0 Å². The molecule has 2 aromatic rings. The molecule has 6 heteroatoms. The standard InChI is InChI=1S/C19H18N2O4/c1-11-7-8-13(19(24)25)9-14(11)20-15-10-17(22)21(18(15)23)16-6-4-3-5-12(16)2/h3-9,15,20H,10H2,1-2H3,(H,24,25)/t15-/m0/s1. The average molecular weight is 338 g/mol. The van der Waals surface area contributed by atoms with Gasteiger partial charge in [-0.05, 0) is 43.2 Å². The van der Waals surface area contributed by atoms with E-state index in [1.54, 1.807) is 18.2 Å². The van der Waals surface area contributed by atoms with Crippen molar-refractivity contribution in [2.45, 2.75) is 26.3 Å². The van der Waals surface area contributed by atoms with E-state index >= 15 is 0 Å². The molecule has 0 aromatic heterocycles. The predicted octanol–water partition coefficient (Wildman–Crippen LogP) is 2.75. The third-order valence-electron chi connectivity index (χ3n) is 4.32. The van der Waals surface area contributed by atoms with Crippen LogP contribution in [-0.4, -0.2) is 28.9 Å². The van der Waals surface area contributed by atoms with Gasteiger partial charge in [-0.15, -0.1) is 0 Å². The van der Waals surface area contributed by atoms with Crippen molar-refractivity contribution in [3.05, 3.63) is 59.2 Å². The van der Waals surface area contributed by atoms with Gasteiger partial charge in [-0.2, -0.15) is 0 Å². The molecular formula is C19H18N2O4. The number of carboxylic acids is 1. The number of anilines is 2. The Balaban J connectivity index is 1.87. The summed E-state index contributed by atoms with van der Waals surface area (Å²) in [6.45, 7) is 3.66. The molecule has 0 bridgehead atoms. The fourth-order valence-corrected chi connectivity index (χ4v) is 2.91. The van der Waals surface area contributed by atoms with Gasteiger partial charge in [0.25, 0.3) is 5.91 Å². The normalized spacial score (nSPS) is 17.0. The molecule has 2 N–H and O–H groups in total. The number of carbonyl (C=O) groups excluding carboxylic acids is 2. The molecule has 1 aliphatic rings. The summed E-state index contributed by atoms with van der Waals surface area (Å²) in [5.74, 6) is -1.65. The summed E-state index contributed by atoms with van der Waals surface area (Å²) < 4.78 is 0. The minimum absolute atomic E-state index is 0.0317. The Bertz CT molecular complexity index is 875. The van der Waals surface area contributed by atoms with E-state index in [9.17, 15) is 14.4 Å². The average Bonchev–Trinajstić information content (AvgIpc) is 2.84. The highest BCUT2D eigenvalue weighted by Crippen LogP contribution is 2.28. The second-order valence-electron chi connectivity index (χ2n) is 6.09. The van der Waals surface area contributed by atoms with Crippen molar-refractivity contribution in [2.24, 2.45) is 0 Å². The molecular weight excluding hydrogens is 320 g/mol.